The molecule has 1 amide bonds. The Morgan fingerprint density at radius 1 is 1.35 bits per heavy atom. The summed E-state index contributed by atoms with van der Waals surface area (Å²) in [6, 6.07) is 6.27. The Morgan fingerprint density at radius 3 is 2.65 bits per heavy atom. The number of amides is 1. The second kappa shape index (κ2) is 7.42. The quantitative estimate of drug-likeness (QED) is 0.876. The van der Waals surface area contributed by atoms with Gasteiger partial charge in [0, 0.05) is 37.8 Å². The molecule has 0 radical (unpaired) electrons. The van der Waals surface area contributed by atoms with E-state index in [9.17, 15) is 13.2 Å². The van der Waals surface area contributed by atoms with Crippen LogP contribution in [0.1, 0.15) is 37.0 Å². The molecule has 0 aliphatic carbocycles. The topological polar surface area (TPSA) is 83.7 Å². The zero-order chi connectivity index (χ0) is 17.0. The first kappa shape index (κ1) is 17.9. The lowest BCUT2D eigenvalue weighted by Gasteiger charge is -2.31. The number of hydrogen-bond donors (Lipinski definition) is 1. The second-order valence-electron chi connectivity index (χ2n) is 5.77. The Morgan fingerprint density at radius 2 is 2.04 bits per heavy atom. The van der Waals surface area contributed by atoms with Crippen LogP contribution in [0, 0.1) is 0 Å². The molecule has 6 nitrogen and oxygen atoms in total. The molecule has 0 saturated carbocycles. The minimum absolute atomic E-state index is 0.00436. The van der Waals surface area contributed by atoms with Crippen molar-refractivity contribution in [1.29, 1.82) is 0 Å². The van der Waals surface area contributed by atoms with E-state index in [2.05, 4.69) is 0 Å². The van der Waals surface area contributed by atoms with Crippen LogP contribution in [0.2, 0.25) is 0 Å². The van der Waals surface area contributed by atoms with Crippen LogP contribution >= 0.6 is 0 Å². The van der Waals surface area contributed by atoms with Gasteiger partial charge in [0.25, 0.3) is 5.91 Å². The van der Waals surface area contributed by atoms with E-state index in [-0.39, 0.29) is 16.8 Å². The van der Waals surface area contributed by atoms with E-state index in [1.54, 1.807) is 30.9 Å². The summed E-state index contributed by atoms with van der Waals surface area (Å²) in [5.41, 5.74) is 6.32. The molecule has 0 bridgehead atoms. The van der Waals surface area contributed by atoms with E-state index in [1.165, 1.54) is 16.4 Å². The molecule has 1 aliphatic heterocycles. The van der Waals surface area contributed by atoms with Crippen LogP contribution in [-0.2, 0) is 10.0 Å². The Bertz CT molecular complexity index is 656. The largest absolute Gasteiger partial charge is 0.337 e. The molecule has 7 heteroatoms. The number of rotatable bonds is 5. The summed E-state index contributed by atoms with van der Waals surface area (Å²) in [6.07, 6.45) is 1.80. The number of carbonyl (C=O) groups is 1. The van der Waals surface area contributed by atoms with E-state index in [1.807, 2.05) is 0 Å². The number of piperidine rings is 1. The minimum atomic E-state index is -3.56. The predicted molar refractivity (Wildman–Crippen MR) is 89.7 cm³/mol. The van der Waals surface area contributed by atoms with Crippen molar-refractivity contribution in [2.24, 2.45) is 5.73 Å². The van der Waals surface area contributed by atoms with Crippen LogP contribution in [0.4, 0.5) is 0 Å². The van der Waals surface area contributed by atoms with Gasteiger partial charge in [-0.2, -0.15) is 4.31 Å². The highest BCUT2D eigenvalue weighted by molar-refractivity contribution is 7.89. The molecule has 1 heterocycles. The second-order valence-corrected chi connectivity index (χ2v) is 7.71. The van der Waals surface area contributed by atoms with E-state index in [0.29, 0.717) is 31.7 Å². The SMILES string of the molecule is CCN(CC)S(=O)(=O)c1cccc(C(=O)N2CCCC(N)C2)c1. The van der Waals surface area contributed by atoms with Crippen molar-refractivity contribution in [3.63, 3.8) is 0 Å². The normalized spacial score (nSPS) is 19.1. The van der Waals surface area contributed by atoms with Crippen LogP contribution in [0.25, 0.3) is 0 Å². The van der Waals surface area contributed by atoms with Gasteiger partial charge in [-0.15, -0.1) is 0 Å². The zero-order valence-electron chi connectivity index (χ0n) is 13.7. The van der Waals surface area contributed by atoms with Crippen LogP contribution < -0.4 is 5.73 Å². The Labute approximate surface area is 138 Å². The average Bonchev–Trinajstić information content (AvgIpc) is 2.55. The van der Waals surface area contributed by atoms with E-state index in [4.69, 9.17) is 5.73 Å². The molecular formula is C16H25N3O3S. The summed E-state index contributed by atoms with van der Waals surface area (Å²) in [5.74, 6) is -0.156. The maximum atomic E-state index is 12.6. The monoisotopic (exact) mass is 339 g/mol. The molecule has 1 aromatic rings. The molecule has 1 atom stereocenters. The fourth-order valence-electron chi connectivity index (χ4n) is 2.88. The number of benzene rings is 1. The number of sulfonamides is 1. The predicted octanol–water partition coefficient (Wildman–Crippen LogP) is 1.28. The zero-order valence-corrected chi connectivity index (χ0v) is 14.6. The number of likely N-dealkylation sites (tertiary alicyclic amines) is 1. The van der Waals surface area contributed by atoms with Crippen LogP contribution in [0.5, 0.6) is 0 Å². The van der Waals surface area contributed by atoms with Gasteiger partial charge in [-0.1, -0.05) is 19.9 Å². The molecule has 1 aliphatic rings. The third-order valence-electron chi connectivity index (χ3n) is 4.17. The summed E-state index contributed by atoms with van der Waals surface area (Å²) in [7, 11) is -3.56. The van der Waals surface area contributed by atoms with Gasteiger partial charge in [-0.3, -0.25) is 4.79 Å². The van der Waals surface area contributed by atoms with Crippen molar-refractivity contribution < 1.29 is 13.2 Å². The molecule has 128 valence electrons. The van der Waals surface area contributed by atoms with E-state index < -0.39 is 10.0 Å². The van der Waals surface area contributed by atoms with Gasteiger partial charge in [0.15, 0.2) is 0 Å². The molecule has 1 unspecified atom stereocenters. The number of nitrogens with zero attached hydrogens (tertiary/aromatic N) is 2. The van der Waals surface area contributed by atoms with Crippen molar-refractivity contribution in [2.45, 2.75) is 37.6 Å². The molecule has 23 heavy (non-hydrogen) atoms. The van der Waals surface area contributed by atoms with Gasteiger partial charge in [-0.25, -0.2) is 8.42 Å². The fraction of sp³-hybridized carbons (Fsp3) is 0.562. The smallest absolute Gasteiger partial charge is 0.253 e. The molecule has 0 aromatic heterocycles. The summed E-state index contributed by atoms with van der Waals surface area (Å²) in [4.78, 5) is 14.5. The van der Waals surface area contributed by atoms with Crippen LogP contribution in [-0.4, -0.2) is 55.8 Å². The lowest BCUT2D eigenvalue weighted by Crippen LogP contribution is -2.45. The summed E-state index contributed by atoms with van der Waals surface area (Å²) in [6.45, 7) is 5.58. The summed E-state index contributed by atoms with van der Waals surface area (Å²) in [5, 5.41) is 0. The maximum Gasteiger partial charge on any atom is 0.253 e. The van der Waals surface area contributed by atoms with E-state index in [0.717, 1.165) is 12.8 Å². The maximum absolute atomic E-state index is 12.6. The first-order chi connectivity index (χ1) is 10.9. The third kappa shape index (κ3) is 3.91. The van der Waals surface area contributed by atoms with Gasteiger partial charge in [-0.05, 0) is 31.0 Å². The number of carbonyl (C=O) groups excluding carboxylic acids is 1. The fourth-order valence-corrected chi connectivity index (χ4v) is 4.38. The number of nitrogens with two attached hydrogens (primary N) is 1. The van der Waals surface area contributed by atoms with Crippen LogP contribution in [0.15, 0.2) is 29.2 Å². The molecule has 1 saturated heterocycles. The molecule has 1 fully saturated rings. The average molecular weight is 339 g/mol. The highest BCUT2D eigenvalue weighted by Crippen LogP contribution is 2.19. The molecule has 1 aromatic carbocycles. The first-order valence-electron chi connectivity index (χ1n) is 8.05. The van der Waals surface area contributed by atoms with E-state index >= 15 is 0 Å². The Kier molecular flexibility index (Phi) is 5.78. The third-order valence-corrected chi connectivity index (χ3v) is 6.22. The lowest BCUT2D eigenvalue weighted by molar-refractivity contribution is 0.0708. The van der Waals surface area contributed by atoms with Gasteiger partial charge in [0.2, 0.25) is 10.0 Å². The van der Waals surface area contributed by atoms with Crippen molar-refractivity contribution >= 4 is 15.9 Å². The van der Waals surface area contributed by atoms with Gasteiger partial charge in [0.05, 0.1) is 4.90 Å². The van der Waals surface area contributed by atoms with Crippen molar-refractivity contribution in [3.8, 4) is 0 Å². The highest BCUT2D eigenvalue weighted by Gasteiger charge is 2.25. The lowest BCUT2D eigenvalue weighted by atomic mass is 10.1. The number of hydrogen-bond acceptors (Lipinski definition) is 4. The molecule has 2 N–H and O–H groups in total. The summed E-state index contributed by atoms with van der Waals surface area (Å²) < 4.78 is 26.5. The van der Waals surface area contributed by atoms with Crippen molar-refractivity contribution in [3.05, 3.63) is 29.8 Å². The van der Waals surface area contributed by atoms with Crippen molar-refractivity contribution in [1.82, 2.24) is 9.21 Å². The molecular weight excluding hydrogens is 314 g/mol. The molecule has 0 spiro atoms. The first-order valence-corrected chi connectivity index (χ1v) is 9.49. The Hall–Kier alpha value is -1.44. The molecule has 2 rings (SSSR count). The van der Waals surface area contributed by atoms with Crippen LogP contribution in [0.3, 0.4) is 0 Å². The standard InChI is InChI=1S/C16H25N3O3S/c1-3-19(4-2)23(21,22)15-9-5-7-13(11-15)16(20)18-10-6-8-14(17)12-18/h5,7,9,11,14H,3-4,6,8,10,12,17H2,1-2H3. The highest BCUT2D eigenvalue weighted by atomic mass is 32.2. The van der Waals surface area contributed by atoms with Crippen molar-refractivity contribution in [2.75, 3.05) is 26.2 Å². The summed E-state index contributed by atoms with van der Waals surface area (Å²) >= 11 is 0. The van der Waals surface area contributed by atoms with Gasteiger partial charge in [0.1, 0.15) is 0 Å². The van der Waals surface area contributed by atoms with Gasteiger partial charge < -0.3 is 10.6 Å². The minimum Gasteiger partial charge on any atom is -0.337 e. The van der Waals surface area contributed by atoms with Gasteiger partial charge >= 0.3 is 0 Å². The Balaban J connectivity index is 2.27.